The number of anilines is 1. The van der Waals surface area contributed by atoms with Crippen LogP contribution in [0.5, 0.6) is 0 Å². The molecular formula is C20H23FN4O. The molecule has 2 aromatic rings. The predicted octanol–water partition coefficient (Wildman–Crippen LogP) is 2.90. The highest BCUT2D eigenvalue weighted by Gasteiger charge is 2.28. The van der Waals surface area contributed by atoms with Gasteiger partial charge in [-0.05, 0) is 49.2 Å². The van der Waals surface area contributed by atoms with Gasteiger partial charge < -0.3 is 16.8 Å². The molecule has 0 aromatic heterocycles. The molecule has 1 heterocycles. The number of amides is 1. The number of nitrogens with one attached hydrogen (secondary N) is 1. The van der Waals surface area contributed by atoms with Crippen molar-refractivity contribution in [2.45, 2.75) is 25.2 Å². The Labute approximate surface area is 152 Å². The summed E-state index contributed by atoms with van der Waals surface area (Å²) in [5.74, 6) is -1.35. The molecule has 6 heteroatoms. The number of hydrogen-bond donors (Lipinski definition) is 3. The van der Waals surface area contributed by atoms with Crippen molar-refractivity contribution in [3.05, 3.63) is 58.9 Å². The molecule has 26 heavy (non-hydrogen) atoms. The third-order valence-corrected chi connectivity index (χ3v) is 4.96. The van der Waals surface area contributed by atoms with Crippen LogP contribution in [0.3, 0.4) is 0 Å². The number of hydrogen-bond acceptors (Lipinski definition) is 4. The quantitative estimate of drug-likeness (QED) is 0.582. The maximum atomic E-state index is 13.7. The van der Waals surface area contributed by atoms with Gasteiger partial charge in [0.1, 0.15) is 5.82 Å². The van der Waals surface area contributed by atoms with Gasteiger partial charge in [0, 0.05) is 23.7 Å². The summed E-state index contributed by atoms with van der Waals surface area (Å²) >= 11 is 0. The molecule has 136 valence electrons. The number of primary amides is 1. The average molecular weight is 354 g/mol. The van der Waals surface area contributed by atoms with Crippen LogP contribution in [0.2, 0.25) is 0 Å². The van der Waals surface area contributed by atoms with Crippen LogP contribution in [0, 0.1) is 5.82 Å². The molecule has 0 bridgehead atoms. The fourth-order valence-corrected chi connectivity index (χ4v) is 3.35. The van der Waals surface area contributed by atoms with Crippen molar-refractivity contribution in [3.63, 3.8) is 0 Å². The Morgan fingerprint density at radius 2 is 2.04 bits per heavy atom. The van der Waals surface area contributed by atoms with E-state index in [2.05, 4.69) is 29.4 Å². The maximum Gasteiger partial charge on any atom is 0.250 e. The van der Waals surface area contributed by atoms with E-state index in [1.54, 1.807) is 0 Å². The normalized spacial score (nSPS) is 20.4. The maximum absolute atomic E-state index is 13.7. The van der Waals surface area contributed by atoms with Crippen LogP contribution in [0.1, 0.15) is 41.3 Å². The Morgan fingerprint density at radius 3 is 2.65 bits per heavy atom. The first-order valence-electron chi connectivity index (χ1n) is 8.63. The zero-order chi connectivity index (χ0) is 18.7. The fraction of sp³-hybridized carbons (Fsp3) is 0.300. The Bertz CT molecular complexity index is 840. The summed E-state index contributed by atoms with van der Waals surface area (Å²) < 4.78 is 13.7. The molecule has 1 unspecified atom stereocenters. The number of carbonyl (C=O) groups excluding carboxylic acids is 1. The predicted molar refractivity (Wildman–Crippen MR) is 102 cm³/mol. The molecule has 0 aliphatic carbocycles. The van der Waals surface area contributed by atoms with E-state index in [1.807, 2.05) is 12.1 Å². The van der Waals surface area contributed by atoms with Crippen molar-refractivity contribution >= 4 is 23.5 Å². The van der Waals surface area contributed by atoms with Gasteiger partial charge in [0.05, 0.1) is 16.9 Å². The Morgan fingerprint density at radius 1 is 1.31 bits per heavy atom. The third kappa shape index (κ3) is 3.75. The van der Waals surface area contributed by atoms with E-state index >= 15 is 0 Å². The SMILES string of the molecule is CC1(c2ccc(N=Cc3cc(F)cc(C(N)=O)c3N)cc2)CCCNC1. The Hall–Kier alpha value is -2.73. The molecular weight excluding hydrogens is 331 g/mol. The molecule has 2 aromatic carbocycles. The molecule has 1 atom stereocenters. The van der Waals surface area contributed by atoms with Crippen molar-refractivity contribution in [1.82, 2.24) is 5.32 Å². The molecule has 5 N–H and O–H groups in total. The lowest BCUT2D eigenvalue weighted by atomic mass is 9.76. The number of benzene rings is 2. The van der Waals surface area contributed by atoms with Gasteiger partial charge in [-0.25, -0.2) is 4.39 Å². The van der Waals surface area contributed by atoms with Crippen molar-refractivity contribution in [1.29, 1.82) is 0 Å². The topological polar surface area (TPSA) is 93.5 Å². The average Bonchev–Trinajstić information content (AvgIpc) is 2.63. The molecule has 0 radical (unpaired) electrons. The number of piperidine rings is 1. The first-order valence-corrected chi connectivity index (χ1v) is 8.63. The Balaban J connectivity index is 1.82. The van der Waals surface area contributed by atoms with Gasteiger partial charge in [0.15, 0.2) is 0 Å². The van der Waals surface area contributed by atoms with Crippen LogP contribution in [0.15, 0.2) is 41.4 Å². The number of halogens is 1. The van der Waals surface area contributed by atoms with Crippen LogP contribution < -0.4 is 16.8 Å². The van der Waals surface area contributed by atoms with Gasteiger partial charge in [0.2, 0.25) is 0 Å². The summed E-state index contributed by atoms with van der Waals surface area (Å²) in [5.41, 5.74) is 13.6. The van der Waals surface area contributed by atoms with Crippen LogP contribution in [-0.4, -0.2) is 25.2 Å². The molecule has 1 aliphatic heterocycles. The second-order valence-electron chi connectivity index (χ2n) is 6.97. The van der Waals surface area contributed by atoms with Gasteiger partial charge in [-0.15, -0.1) is 0 Å². The number of nitrogens with two attached hydrogens (primary N) is 2. The highest BCUT2D eigenvalue weighted by molar-refractivity contribution is 6.02. The fourth-order valence-electron chi connectivity index (χ4n) is 3.35. The van der Waals surface area contributed by atoms with Gasteiger partial charge in [0.25, 0.3) is 5.91 Å². The molecule has 1 amide bonds. The van der Waals surface area contributed by atoms with E-state index in [-0.39, 0.29) is 16.7 Å². The van der Waals surface area contributed by atoms with Crippen LogP contribution >= 0.6 is 0 Å². The number of nitrogen functional groups attached to an aromatic ring is 1. The lowest BCUT2D eigenvalue weighted by Gasteiger charge is -2.34. The summed E-state index contributed by atoms with van der Waals surface area (Å²) in [5, 5.41) is 3.44. The molecule has 0 spiro atoms. The summed E-state index contributed by atoms with van der Waals surface area (Å²) in [6.45, 7) is 4.29. The monoisotopic (exact) mass is 354 g/mol. The second-order valence-corrected chi connectivity index (χ2v) is 6.97. The third-order valence-electron chi connectivity index (χ3n) is 4.96. The number of rotatable bonds is 4. The largest absolute Gasteiger partial charge is 0.398 e. The van der Waals surface area contributed by atoms with Gasteiger partial charge in [-0.2, -0.15) is 0 Å². The van der Waals surface area contributed by atoms with Crippen molar-refractivity contribution in [2.75, 3.05) is 18.8 Å². The summed E-state index contributed by atoms with van der Waals surface area (Å²) in [4.78, 5) is 15.7. The molecule has 1 saturated heterocycles. The summed E-state index contributed by atoms with van der Waals surface area (Å²) in [6.07, 6.45) is 3.76. The lowest BCUT2D eigenvalue weighted by Crippen LogP contribution is -2.40. The first kappa shape index (κ1) is 18.1. The number of nitrogens with zero attached hydrogens (tertiary/aromatic N) is 1. The number of aliphatic imine (C=N–C) groups is 1. The van der Waals surface area contributed by atoms with Gasteiger partial charge in [-0.1, -0.05) is 19.1 Å². The van der Waals surface area contributed by atoms with Gasteiger partial charge >= 0.3 is 0 Å². The zero-order valence-corrected chi connectivity index (χ0v) is 14.8. The molecule has 1 fully saturated rings. The first-order chi connectivity index (χ1) is 12.4. The smallest absolute Gasteiger partial charge is 0.250 e. The van der Waals surface area contributed by atoms with Crippen LogP contribution in [-0.2, 0) is 5.41 Å². The van der Waals surface area contributed by atoms with E-state index < -0.39 is 11.7 Å². The number of carbonyl (C=O) groups is 1. The standard InChI is InChI=1S/C20H23FN4O/c1-20(7-2-8-24-12-20)14-3-5-16(6-4-14)25-11-13-9-15(21)10-17(18(13)22)19(23)26/h3-6,9-11,24H,2,7-8,12,22H2,1H3,(H2,23,26). The van der Waals surface area contributed by atoms with E-state index in [1.165, 1.54) is 17.8 Å². The van der Waals surface area contributed by atoms with E-state index in [4.69, 9.17) is 11.5 Å². The van der Waals surface area contributed by atoms with E-state index in [0.717, 1.165) is 37.7 Å². The molecule has 5 nitrogen and oxygen atoms in total. The van der Waals surface area contributed by atoms with Crippen LogP contribution in [0.25, 0.3) is 0 Å². The van der Waals surface area contributed by atoms with Crippen molar-refractivity contribution < 1.29 is 9.18 Å². The minimum atomic E-state index is -0.768. The molecule has 0 saturated carbocycles. The van der Waals surface area contributed by atoms with Crippen molar-refractivity contribution in [3.8, 4) is 0 Å². The highest BCUT2D eigenvalue weighted by atomic mass is 19.1. The minimum Gasteiger partial charge on any atom is -0.398 e. The molecule has 1 aliphatic rings. The Kier molecular flexibility index (Phi) is 5.04. The lowest BCUT2D eigenvalue weighted by molar-refractivity contribution is 0.100. The van der Waals surface area contributed by atoms with Crippen molar-refractivity contribution in [2.24, 2.45) is 10.7 Å². The van der Waals surface area contributed by atoms with Crippen LogP contribution in [0.4, 0.5) is 15.8 Å². The second kappa shape index (κ2) is 7.25. The minimum absolute atomic E-state index is 0.0421. The summed E-state index contributed by atoms with van der Waals surface area (Å²) in [7, 11) is 0. The van der Waals surface area contributed by atoms with Gasteiger partial charge in [-0.3, -0.25) is 9.79 Å². The summed E-state index contributed by atoms with van der Waals surface area (Å²) in [6, 6.07) is 10.3. The zero-order valence-electron chi connectivity index (χ0n) is 14.8. The highest BCUT2D eigenvalue weighted by Crippen LogP contribution is 2.31. The van der Waals surface area contributed by atoms with E-state index in [0.29, 0.717) is 5.56 Å². The molecule has 3 rings (SSSR count). The van der Waals surface area contributed by atoms with E-state index in [9.17, 15) is 9.18 Å².